The van der Waals surface area contributed by atoms with Crippen LogP contribution in [0.5, 0.6) is 0 Å². The Morgan fingerprint density at radius 2 is 1.79 bits per heavy atom. The minimum atomic E-state index is -3.55. The first-order valence-corrected chi connectivity index (χ1v) is 17.7. The van der Waals surface area contributed by atoms with Crippen molar-refractivity contribution in [3.63, 3.8) is 0 Å². The van der Waals surface area contributed by atoms with Gasteiger partial charge in [-0.1, -0.05) is 38.1 Å². The van der Waals surface area contributed by atoms with Crippen molar-refractivity contribution < 1.29 is 21.6 Å². The fraction of sp³-hybridized carbons (Fsp3) is 0.750. The van der Waals surface area contributed by atoms with E-state index in [1.165, 1.54) is 11.1 Å². The second-order valence-corrected chi connectivity index (χ2v) is 17.3. The van der Waals surface area contributed by atoms with E-state index in [9.17, 15) is 21.6 Å². The van der Waals surface area contributed by atoms with Crippen molar-refractivity contribution in [3.8, 4) is 0 Å². The normalized spacial score (nSPS) is 30.8. The summed E-state index contributed by atoms with van der Waals surface area (Å²) >= 11 is 0. The quantitative estimate of drug-likeness (QED) is 0.498. The van der Waals surface area contributed by atoms with Crippen LogP contribution in [0.15, 0.2) is 24.3 Å². The molecule has 4 aliphatic rings. The molecule has 212 valence electrons. The van der Waals surface area contributed by atoms with Crippen LogP contribution in [0.3, 0.4) is 0 Å². The lowest BCUT2D eigenvalue weighted by Gasteiger charge is -2.45. The number of nitrogens with zero attached hydrogens (tertiary/aromatic N) is 1. The minimum Gasteiger partial charge on any atom is -0.351 e. The lowest BCUT2D eigenvalue weighted by molar-refractivity contribution is -0.124. The molecule has 2 saturated carbocycles. The number of rotatable bonds is 8. The molecule has 1 spiro atoms. The van der Waals surface area contributed by atoms with Gasteiger partial charge < -0.3 is 11.1 Å². The molecule has 0 aromatic heterocycles. The molecule has 1 aromatic rings. The zero-order valence-electron chi connectivity index (χ0n) is 22.9. The first kappa shape index (κ1) is 28.1. The van der Waals surface area contributed by atoms with Crippen LogP contribution in [0.4, 0.5) is 0 Å². The third kappa shape index (κ3) is 4.73. The first-order valence-electron chi connectivity index (χ1n) is 14.0. The number of piperidine rings is 1. The van der Waals surface area contributed by atoms with Gasteiger partial charge in [0.05, 0.1) is 17.5 Å². The Morgan fingerprint density at radius 1 is 1.11 bits per heavy atom. The monoisotopic (exact) mass is 565 g/mol. The van der Waals surface area contributed by atoms with E-state index in [4.69, 9.17) is 5.73 Å². The highest BCUT2D eigenvalue weighted by Crippen LogP contribution is 2.66. The number of amides is 1. The Hall–Kier alpha value is -1.49. The summed E-state index contributed by atoms with van der Waals surface area (Å²) in [5.74, 6) is -0.189. The van der Waals surface area contributed by atoms with Gasteiger partial charge in [-0.2, -0.15) is 0 Å². The molecule has 10 heteroatoms. The number of nitrogens with two attached hydrogens (primary N) is 1. The number of carbonyl (C=O) groups is 1. The predicted molar refractivity (Wildman–Crippen MR) is 149 cm³/mol. The van der Waals surface area contributed by atoms with Gasteiger partial charge >= 0.3 is 0 Å². The summed E-state index contributed by atoms with van der Waals surface area (Å²) in [6.45, 7) is 5.36. The maximum atomic E-state index is 14.0. The third-order valence-corrected chi connectivity index (χ3v) is 13.9. The van der Waals surface area contributed by atoms with Gasteiger partial charge in [-0.05, 0) is 79.2 Å². The summed E-state index contributed by atoms with van der Waals surface area (Å²) in [5.41, 5.74) is 8.13. The van der Waals surface area contributed by atoms with Crippen molar-refractivity contribution in [3.05, 3.63) is 35.4 Å². The molecule has 8 nitrogen and oxygen atoms in total. The van der Waals surface area contributed by atoms with Crippen molar-refractivity contribution in [2.45, 2.75) is 82.7 Å². The standard InChI is InChI=1S/C28H43N3O5S2/c1-26(2)21-9-12-28(26,24(18-21)30-25(32)23(29)10-17-37(3,33)34)19-38(35,36)31-15-13-27(14-16-31)11-8-20-6-4-5-7-22(20)27/h4-7,21,23-24H,8-19,29H2,1-3H3,(H,30,32)/t21-,23+,24+,28-/m1/s1. The van der Waals surface area contributed by atoms with Crippen LogP contribution < -0.4 is 11.1 Å². The SMILES string of the molecule is CC1(C)[C@@H]2CC[C@@]1(CS(=O)(=O)N1CCC3(CCc4ccccc43)CC1)[C@@H](NC(=O)[C@@H](N)CCS(C)(=O)=O)C2. The van der Waals surface area contributed by atoms with E-state index in [2.05, 4.69) is 43.4 Å². The van der Waals surface area contributed by atoms with Gasteiger partial charge in [0, 0.05) is 30.8 Å². The summed E-state index contributed by atoms with van der Waals surface area (Å²) < 4.78 is 52.7. The van der Waals surface area contributed by atoms with E-state index in [0.717, 1.165) is 51.2 Å². The van der Waals surface area contributed by atoms with Crippen molar-refractivity contribution in [1.29, 1.82) is 0 Å². The molecule has 0 unspecified atom stereocenters. The molecule has 3 aliphatic carbocycles. The van der Waals surface area contributed by atoms with Gasteiger partial charge in [-0.25, -0.2) is 21.1 Å². The van der Waals surface area contributed by atoms with Crippen LogP contribution in [-0.4, -0.2) is 70.0 Å². The van der Waals surface area contributed by atoms with Crippen LogP contribution in [0.2, 0.25) is 0 Å². The van der Waals surface area contributed by atoms with E-state index in [1.54, 1.807) is 4.31 Å². The van der Waals surface area contributed by atoms with E-state index >= 15 is 0 Å². The molecule has 4 atom stereocenters. The van der Waals surface area contributed by atoms with E-state index in [-0.39, 0.29) is 34.8 Å². The number of nitrogens with one attached hydrogen (secondary N) is 1. The summed E-state index contributed by atoms with van der Waals surface area (Å²) in [5, 5.41) is 3.08. The van der Waals surface area contributed by atoms with Crippen LogP contribution in [0, 0.1) is 16.7 Å². The van der Waals surface area contributed by atoms with Gasteiger partial charge in [0.25, 0.3) is 0 Å². The zero-order valence-corrected chi connectivity index (χ0v) is 24.5. The molecule has 1 aliphatic heterocycles. The van der Waals surface area contributed by atoms with Gasteiger partial charge in [-0.3, -0.25) is 4.79 Å². The predicted octanol–water partition coefficient (Wildman–Crippen LogP) is 2.37. The Labute approximate surface area is 228 Å². The van der Waals surface area contributed by atoms with E-state index in [0.29, 0.717) is 19.0 Å². The fourth-order valence-corrected chi connectivity index (χ4v) is 11.2. The number of benzene rings is 1. The Kier molecular flexibility index (Phi) is 7.06. The lowest BCUT2D eigenvalue weighted by atomic mass is 9.69. The molecule has 2 bridgehead atoms. The van der Waals surface area contributed by atoms with Gasteiger partial charge in [0.15, 0.2) is 0 Å². The molecule has 5 rings (SSSR count). The highest BCUT2D eigenvalue weighted by atomic mass is 32.2. The number of hydrogen-bond donors (Lipinski definition) is 2. The molecule has 1 saturated heterocycles. The van der Waals surface area contributed by atoms with E-state index in [1.807, 2.05) is 0 Å². The second-order valence-electron chi connectivity index (χ2n) is 13.0. The molecule has 1 amide bonds. The van der Waals surface area contributed by atoms with Crippen molar-refractivity contribution in [2.75, 3.05) is 30.9 Å². The number of sulfone groups is 1. The average Bonchev–Trinajstić information content (AvgIpc) is 3.39. The van der Waals surface area contributed by atoms with Crippen molar-refractivity contribution >= 4 is 25.8 Å². The minimum absolute atomic E-state index is 0.0244. The molecular weight excluding hydrogens is 522 g/mol. The molecule has 3 fully saturated rings. The molecular formula is C28H43N3O5S2. The molecule has 0 radical (unpaired) electrons. The Bertz CT molecular complexity index is 1300. The molecule has 38 heavy (non-hydrogen) atoms. The van der Waals surface area contributed by atoms with Gasteiger partial charge in [0.1, 0.15) is 9.84 Å². The van der Waals surface area contributed by atoms with E-state index < -0.39 is 37.2 Å². The summed E-state index contributed by atoms with van der Waals surface area (Å²) in [7, 11) is -6.78. The summed E-state index contributed by atoms with van der Waals surface area (Å²) in [4.78, 5) is 13.0. The van der Waals surface area contributed by atoms with Crippen LogP contribution in [0.1, 0.15) is 69.9 Å². The first-order chi connectivity index (χ1) is 17.7. The maximum Gasteiger partial charge on any atom is 0.237 e. The number of hydrogen-bond acceptors (Lipinski definition) is 6. The summed E-state index contributed by atoms with van der Waals surface area (Å²) in [6, 6.07) is 7.37. The number of fused-ring (bicyclic) bond motifs is 4. The van der Waals surface area contributed by atoms with Crippen molar-refractivity contribution in [1.82, 2.24) is 9.62 Å². The largest absolute Gasteiger partial charge is 0.351 e. The highest BCUT2D eigenvalue weighted by molar-refractivity contribution is 7.90. The molecule has 1 heterocycles. The van der Waals surface area contributed by atoms with Crippen molar-refractivity contribution in [2.24, 2.45) is 22.5 Å². The Balaban J connectivity index is 1.30. The number of carbonyl (C=O) groups excluding carboxylic acids is 1. The number of sulfonamides is 1. The summed E-state index contributed by atoms with van der Waals surface area (Å²) in [6.07, 6.45) is 7.45. The third-order valence-electron chi connectivity index (χ3n) is 10.9. The zero-order chi connectivity index (χ0) is 27.6. The highest BCUT2D eigenvalue weighted by Gasteiger charge is 2.66. The lowest BCUT2D eigenvalue weighted by Crippen LogP contribution is -2.57. The molecule has 1 aromatic carbocycles. The van der Waals surface area contributed by atoms with Crippen LogP contribution in [-0.2, 0) is 36.5 Å². The molecule has 3 N–H and O–H groups in total. The van der Waals surface area contributed by atoms with Gasteiger partial charge in [0.2, 0.25) is 15.9 Å². The second kappa shape index (κ2) is 9.56. The fourth-order valence-electron chi connectivity index (χ4n) is 8.27. The Morgan fingerprint density at radius 3 is 2.45 bits per heavy atom. The maximum absolute atomic E-state index is 14.0. The average molecular weight is 566 g/mol. The smallest absolute Gasteiger partial charge is 0.237 e. The van der Waals surface area contributed by atoms with Crippen LogP contribution >= 0.6 is 0 Å². The topological polar surface area (TPSA) is 127 Å². The van der Waals surface area contributed by atoms with Gasteiger partial charge in [-0.15, -0.1) is 0 Å². The van der Waals surface area contributed by atoms with Crippen LogP contribution in [0.25, 0.3) is 0 Å². The number of aryl methyl sites for hydroxylation is 1.